The molecular weight excluding hydrogens is 316 g/mol. The minimum Gasteiger partial charge on any atom is -0.347 e. The molecule has 25 heavy (non-hydrogen) atoms. The van der Waals surface area contributed by atoms with Gasteiger partial charge in [0.2, 0.25) is 0 Å². The molecular formula is C19H26N4O2. The molecule has 0 saturated carbocycles. The molecule has 2 aromatic heterocycles. The van der Waals surface area contributed by atoms with Crippen LogP contribution in [-0.2, 0) is 26.4 Å². The van der Waals surface area contributed by atoms with Crippen molar-refractivity contribution in [2.24, 2.45) is 7.05 Å². The van der Waals surface area contributed by atoms with Crippen LogP contribution in [0.2, 0.25) is 0 Å². The summed E-state index contributed by atoms with van der Waals surface area (Å²) in [7, 11) is 5.90. The average Bonchev–Trinajstić information content (AvgIpc) is 2.88. The lowest BCUT2D eigenvalue weighted by Crippen LogP contribution is -2.34. The second-order valence-corrected chi connectivity index (χ2v) is 6.89. The fraction of sp³-hybridized carbons (Fsp3) is 0.474. The van der Waals surface area contributed by atoms with Crippen molar-refractivity contribution in [1.82, 2.24) is 18.9 Å². The van der Waals surface area contributed by atoms with E-state index in [1.807, 2.05) is 59.6 Å². The summed E-state index contributed by atoms with van der Waals surface area (Å²) < 4.78 is 3.74. The number of carbonyl (C=O) groups excluding carboxylic acids is 1. The van der Waals surface area contributed by atoms with Crippen LogP contribution in [-0.4, -0.2) is 58.6 Å². The van der Waals surface area contributed by atoms with Crippen LogP contribution in [0.15, 0.2) is 35.3 Å². The van der Waals surface area contributed by atoms with Crippen LogP contribution in [0.25, 0.3) is 0 Å². The number of pyridine rings is 1. The van der Waals surface area contributed by atoms with Gasteiger partial charge in [-0.2, -0.15) is 0 Å². The van der Waals surface area contributed by atoms with E-state index in [0.29, 0.717) is 25.3 Å². The first-order valence-electron chi connectivity index (χ1n) is 8.74. The Morgan fingerprint density at radius 1 is 1.16 bits per heavy atom. The maximum atomic E-state index is 12.8. The molecule has 0 fully saturated rings. The van der Waals surface area contributed by atoms with Gasteiger partial charge in [-0.3, -0.25) is 9.59 Å². The molecule has 0 atom stereocenters. The first kappa shape index (κ1) is 17.5. The second kappa shape index (κ2) is 7.27. The minimum atomic E-state index is 0.0443. The number of carbonyl (C=O) groups is 1. The Hall–Kier alpha value is -2.34. The third-order valence-electron chi connectivity index (χ3n) is 4.88. The van der Waals surface area contributed by atoms with Crippen LogP contribution >= 0.6 is 0 Å². The van der Waals surface area contributed by atoms with Crippen molar-refractivity contribution in [2.45, 2.75) is 19.4 Å². The largest absolute Gasteiger partial charge is 0.347 e. The topological polar surface area (TPSA) is 50.5 Å². The van der Waals surface area contributed by atoms with Crippen molar-refractivity contribution in [1.29, 1.82) is 0 Å². The third-order valence-corrected chi connectivity index (χ3v) is 4.88. The molecule has 6 nitrogen and oxygen atoms in total. The minimum absolute atomic E-state index is 0.0443. The number of hydrogen-bond acceptors (Lipinski definition) is 3. The van der Waals surface area contributed by atoms with E-state index < -0.39 is 0 Å². The van der Waals surface area contributed by atoms with Gasteiger partial charge in [0.1, 0.15) is 5.69 Å². The first-order valence-corrected chi connectivity index (χ1v) is 8.74. The smallest absolute Gasteiger partial charge is 0.270 e. The zero-order valence-corrected chi connectivity index (χ0v) is 15.2. The predicted octanol–water partition coefficient (Wildman–Crippen LogP) is 0.989. The quantitative estimate of drug-likeness (QED) is 0.833. The Balaban J connectivity index is 1.82. The number of fused-ring (bicyclic) bond motifs is 1. The van der Waals surface area contributed by atoms with Crippen LogP contribution in [0, 0.1) is 0 Å². The van der Waals surface area contributed by atoms with Gasteiger partial charge >= 0.3 is 0 Å². The Kier molecular flexibility index (Phi) is 5.08. The summed E-state index contributed by atoms with van der Waals surface area (Å²) in [5.41, 5.74) is 3.01. The van der Waals surface area contributed by atoms with Crippen molar-refractivity contribution < 1.29 is 4.79 Å². The van der Waals surface area contributed by atoms with Crippen LogP contribution in [0.4, 0.5) is 0 Å². The normalized spacial score (nSPS) is 14.5. The number of rotatable bonds is 4. The highest BCUT2D eigenvalue weighted by molar-refractivity contribution is 5.92. The van der Waals surface area contributed by atoms with Gasteiger partial charge in [0.25, 0.3) is 11.5 Å². The monoisotopic (exact) mass is 342 g/mol. The van der Waals surface area contributed by atoms with E-state index in [1.165, 1.54) is 5.56 Å². The van der Waals surface area contributed by atoms with Crippen LogP contribution in [0.1, 0.15) is 21.7 Å². The zero-order chi connectivity index (χ0) is 18.0. The molecule has 0 unspecified atom stereocenters. The van der Waals surface area contributed by atoms with Crippen molar-refractivity contribution in [2.75, 3.05) is 33.7 Å². The van der Waals surface area contributed by atoms with Crippen LogP contribution in [0.3, 0.4) is 0 Å². The Morgan fingerprint density at radius 2 is 1.92 bits per heavy atom. The predicted molar refractivity (Wildman–Crippen MR) is 98.0 cm³/mol. The van der Waals surface area contributed by atoms with E-state index in [9.17, 15) is 9.59 Å². The van der Waals surface area contributed by atoms with Crippen molar-refractivity contribution >= 4 is 5.91 Å². The molecule has 1 aliphatic heterocycles. The summed E-state index contributed by atoms with van der Waals surface area (Å²) in [5, 5.41) is 0. The molecule has 0 saturated heterocycles. The van der Waals surface area contributed by atoms with E-state index in [0.717, 1.165) is 25.1 Å². The summed E-state index contributed by atoms with van der Waals surface area (Å²) in [6.45, 7) is 2.83. The van der Waals surface area contributed by atoms with Crippen molar-refractivity contribution in [3.63, 3.8) is 0 Å². The second-order valence-electron chi connectivity index (χ2n) is 6.89. The molecule has 0 aromatic carbocycles. The number of likely N-dealkylation sites (N-methyl/N-ethyl adjacent to an activating group) is 1. The summed E-state index contributed by atoms with van der Waals surface area (Å²) in [6, 6.07) is 7.33. The van der Waals surface area contributed by atoms with Gasteiger partial charge in [-0.1, -0.05) is 6.07 Å². The molecule has 2 aromatic rings. The highest BCUT2D eigenvalue weighted by Crippen LogP contribution is 2.16. The first-order chi connectivity index (χ1) is 12.0. The van der Waals surface area contributed by atoms with Crippen molar-refractivity contribution in [3.05, 3.63) is 57.8 Å². The maximum Gasteiger partial charge on any atom is 0.270 e. The Labute approximate surface area is 148 Å². The highest BCUT2D eigenvalue weighted by atomic mass is 16.2. The lowest BCUT2D eigenvalue weighted by molar-refractivity contribution is 0.0753. The van der Waals surface area contributed by atoms with Gasteiger partial charge in [-0.25, -0.2) is 0 Å². The maximum absolute atomic E-state index is 12.8. The molecule has 0 N–H and O–H groups in total. The molecule has 0 spiro atoms. The van der Waals surface area contributed by atoms with E-state index in [2.05, 4.69) is 4.90 Å². The molecule has 134 valence electrons. The molecule has 0 aliphatic carbocycles. The molecule has 0 bridgehead atoms. The van der Waals surface area contributed by atoms with Crippen LogP contribution in [0.5, 0.6) is 0 Å². The number of nitrogens with zero attached hydrogens (tertiary/aromatic N) is 4. The van der Waals surface area contributed by atoms with Gasteiger partial charge < -0.3 is 18.9 Å². The van der Waals surface area contributed by atoms with Gasteiger partial charge in [0.05, 0.1) is 0 Å². The SMILES string of the molecule is CN(C)CCn1c2c(ccc1=O)CCN(C(=O)c1cccn1C)CC2. The third kappa shape index (κ3) is 3.69. The van der Waals surface area contributed by atoms with Gasteiger partial charge in [0.15, 0.2) is 0 Å². The fourth-order valence-corrected chi connectivity index (χ4v) is 3.39. The summed E-state index contributed by atoms with van der Waals surface area (Å²) in [5.74, 6) is 0.0579. The standard InChI is InChI=1S/C19H26N4O2/c1-20(2)13-14-23-16-9-12-22(11-8-15(16)6-7-18(23)24)19(25)17-5-4-10-21(17)3/h4-7,10H,8-9,11-14H2,1-3H3. The fourth-order valence-electron chi connectivity index (χ4n) is 3.39. The number of aryl methyl sites for hydroxylation is 1. The van der Waals surface area contributed by atoms with E-state index in [1.54, 1.807) is 6.07 Å². The zero-order valence-electron chi connectivity index (χ0n) is 15.2. The lowest BCUT2D eigenvalue weighted by atomic mass is 10.1. The Morgan fingerprint density at radius 3 is 2.60 bits per heavy atom. The molecule has 0 radical (unpaired) electrons. The average molecular weight is 342 g/mol. The summed E-state index contributed by atoms with van der Waals surface area (Å²) in [4.78, 5) is 29.1. The van der Waals surface area contributed by atoms with E-state index in [4.69, 9.17) is 0 Å². The molecule has 3 heterocycles. The molecule has 3 rings (SSSR count). The van der Waals surface area contributed by atoms with Crippen molar-refractivity contribution in [3.8, 4) is 0 Å². The lowest BCUT2D eigenvalue weighted by Gasteiger charge is -2.20. The van der Waals surface area contributed by atoms with E-state index >= 15 is 0 Å². The number of hydrogen-bond donors (Lipinski definition) is 0. The number of aromatic nitrogens is 2. The van der Waals surface area contributed by atoms with E-state index in [-0.39, 0.29) is 11.5 Å². The summed E-state index contributed by atoms with van der Waals surface area (Å²) >= 11 is 0. The van der Waals surface area contributed by atoms with Gasteiger partial charge in [-0.15, -0.1) is 0 Å². The molecule has 6 heteroatoms. The summed E-state index contributed by atoms with van der Waals surface area (Å²) in [6.07, 6.45) is 3.39. The van der Waals surface area contributed by atoms with Crippen LogP contribution < -0.4 is 5.56 Å². The Bertz CT molecular complexity index is 819. The van der Waals surface area contributed by atoms with Gasteiger partial charge in [-0.05, 0) is 38.2 Å². The van der Waals surface area contributed by atoms with Gasteiger partial charge in [0, 0.05) is 57.6 Å². The molecule has 1 amide bonds. The molecule has 1 aliphatic rings. The highest BCUT2D eigenvalue weighted by Gasteiger charge is 2.23. The number of amides is 1.